The molecular formula is C72H82N6O27. The fourth-order valence-electron chi connectivity index (χ4n) is 12.1. The van der Waals surface area contributed by atoms with Gasteiger partial charge in [-0.15, -0.1) is 0 Å². The summed E-state index contributed by atoms with van der Waals surface area (Å²) in [6, 6.07) is 38.4. The molecule has 105 heavy (non-hydrogen) atoms. The van der Waals surface area contributed by atoms with Crippen LogP contribution in [0.4, 0.5) is 0 Å². The molecule has 0 aromatic heterocycles. The fourth-order valence-corrected chi connectivity index (χ4v) is 12.1. The SMILES string of the molecule is COC(=O)C1O[C@@H](O[C@H]2C(COC(C)=O)O[C@H](O[C@H]3C(C(=O)OC)O[C@H](OC(C)=O)C(OC(C)=O)[C@@H]3OCc3ccccc3)C(N=[N+]=[N-])[C@H]2OCc2ccccc2)C(OC(C)=O)[C@@H](OCc2ccccc2)[C@H]1O[C@H]1OC(COC(C)=O)[C@H](OCc2ccc(OC)cc2)[C@@H](OCc2ccccc2)C1N=[N+]=[N-]. The van der Waals surface area contributed by atoms with Crippen LogP contribution in [0.25, 0.3) is 20.9 Å². The molecule has 4 fully saturated rings. The highest BCUT2D eigenvalue weighted by atomic mass is 16.8. The Morgan fingerprint density at radius 2 is 0.695 bits per heavy atom. The normalized spacial score (nSPS) is 28.5. The van der Waals surface area contributed by atoms with Crippen molar-refractivity contribution in [1.82, 2.24) is 0 Å². The Hall–Kier alpha value is -9.67. The Bertz CT molecular complexity index is 3750. The number of carbonyl (C=O) groups excluding carboxylic acids is 7. The zero-order valence-electron chi connectivity index (χ0n) is 58.6. The summed E-state index contributed by atoms with van der Waals surface area (Å²) >= 11 is 0. The molecule has 0 amide bonds. The van der Waals surface area contributed by atoms with Crippen molar-refractivity contribution in [2.24, 2.45) is 10.2 Å². The lowest BCUT2D eigenvalue weighted by molar-refractivity contribution is -0.376. The van der Waals surface area contributed by atoms with E-state index < -0.39 is 178 Å². The number of rotatable bonds is 33. The maximum atomic E-state index is 14.9. The number of hydrogen-bond donors (Lipinski definition) is 0. The molecule has 4 aliphatic heterocycles. The Balaban J connectivity index is 1.16. The molecule has 9 rings (SSSR count). The molecule has 4 aliphatic rings. The predicted molar refractivity (Wildman–Crippen MR) is 357 cm³/mol. The summed E-state index contributed by atoms with van der Waals surface area (Å²) in [7, 11) is 3.59. The molecule has 4 heterocycles. The van der Waals surface area contributed by atoms with Crippen LogP contribution in [0.15, 0.2) is 156 Å². The Morgan fingerprint density at radius 3 is 1.06 bits per heavy atom. The van der Waals surface area contributed by atoms with Crippen LogP contribution < -0.4 is 4.74 Å². The minimum absolute atomic E-state index is 0.0906. The Morgan fingerprint density at radius 1 is 0.362 bits per heavy atom. The highest BCUT2D eigenvalue weighted by molar-refractivity contribution is 5.76. The van der Waals surface area contributed by atoms with Gasteiger partial charge in [-0.2, -0.15) is 0 Å². The molecule has 0 radical (unpaired) electrons. The maximum absolute atomic E-state index is 14.9. The maximum Gasteiger partial charge on any atom is 0.338 e. The van der Waals surface area contributed by atoms with Gasteiger partial charge < -0.3 is 94.7 Å². The van der Waals surface area contributed by atoms with Gasteiger partial charge >= 0.3 is 41.8 Å². The van der Waals surface area contributed by atoms with Crippen molar-refractivity contribution in [3.63, 3.8) is 0 Å². The van der Waals surface area contributed by atoms with Gasteiger partial charge in [-0.1, -0.05) is 144 Å². The van der Waals surface area contributed by atoms with Crippen molar-refractivity contribution >= 4 is 41.8 Å². The Labute approximate surface area is 603 Å². The second-order valence-corrected chi connectivity index (χ2v) is 24.2. The molecule has 0 N–H and O–H groups in total. The largest absolute Gasteiger partial charge is 0.497 e. The van der Waals surface area contributed by atoms with E-state index >= 15 is 0 Å². The van der Waals surface area contributed by atoms with Crippen LogP contribution in [0, 0.1) is 0 Å². The number of benzene rings is 5. The number of azide groups is 2. The molecule has 0 saturated carbocycles. The van der Waals surface area contributed by atoms with Crippen molar-refractivity contribution in [2.75, 3.05) is 34.5 Å². The summed E-state index contributed by atoms with van der Waals surface area (Å²) in [6.07, 6.45) is -31.4. The van der Waals surface area contributed by atoms with Gasteiger partial charge in [0.05, 0.1) is 54.4 Å². The second-order valence-electron chi connectivity index (χ2n) is 24.2. The smallest absolute Gasteiger partial charge is 0.338 e. The van der Waals surface area contributed by atoms with Gasteiger partial charge in [-0.25, -0.2) is 9.59 Å². The van der Waals surface area contributed by atoms with Gasteiger partial charge in [-0.05, 0) is 51.0 Å². The summed E-state index contributed by atoms with van der Waals surface area (Å²) in [5, 5.41) is 8.34. The summed E-state index contributed by atoms with van der Waals surface area (Å²) in [5.74, 6) is -6.11. The van der Waals surface area contributed by atoms with Crippen LogP contribution >= 0.6 is 0 Å². The van der Waals surface area contributed by atoms with Crippen molar-refractivity contribution in [3.8, 4) is 5.75 Å². The predicted octanol–water partition coefficient (Wildman–Crippen LogP) is 7.23. The summed E-state index contributed by atoms with van der Waals surface area (Å²) < 4.78 is 125. The lowest BCUT2D eigenvalue weighted by Gasteiger charge is -2.51. The quantitative estimate of drug-likeness (QED) is 0.0131. The second kappa shape index (κ2) is 39.4. The average molecular weight is 1460 g/mol. The van der Waals surface area contributed by atoms with Gasteiger partial charge in [0.2, 0.25) is 6.29 Å². The molecule has 4 saturated heterocycles. The van der Waals surface area contributed by atoms with E-state index in [4.69, 9.17) is 94.7 Å². The third-order valence-electron chi connectivity index (χ3n) is 16.9. The number of methoxy groups -OCH3 is 3. The van der Waals surface area contributed by atoms with Gasteiger partial charge in [0.25, 0.3) is 0 Å². The zero-order valence-corrected chi connectivity index (χ0v) is 58.6. The number of ether oxygens (including phenoxy) is 20. The average Bonchev–Trinajstić information content (AvgIpc) is 0.760. The first kappa shape index (κ1) is 79.4. The Kier molecular flexibility index (Phi) is 29.8. The summed E-state index contributed by atoms with van der Waals surface area (Å²) in [5.41, 5.74) is 24.1. The van der Waals surface area contributed by atoms with E-state index in [1.807, 2.05) is 0 Å². The molecule has 33 nitrogen and oxygen atoms in total. The number of carbonyl (C=O) groups is 7. The van der Waals surface area contributed by atoms with Crippen molar-refractivity contribution < 1.29 is 128 Å². The van der Waals surface area contributed by atoms with E-state index in [1.165, 1.54) is 14.0 Å². The highest BCUT2D eigenvalue weighted by Gasteiger charge is 2.61. The first-order valence-corrected chi connectivity index (χ1v) is 33.3. The van der Waals surface area contributed by atoms with Crippen molar-refractivity contribution in [1.29, 1.82) is 0 Å². The molecule has 0 bridgehead atoms. The molecule has 0 aliphatic carbocycles. The van der Waals surface area contributed by atoms with Crippen LogP contribution in [0.3, 0.4) is 0 Å². The van der Waals surface area contributed by atoms with E-state index in [1.54, 1.807) is 146 Å². The minimum atomic E-state index is -2.07. The van der Waals surface area contributed by atoms with Crippen LogP contribution in [0.1, 0.15) is 62.4 Å². The number of esters is 7. The van der Waals surface area contributed by atoms with Crippen LogP contribution in [0.2, 0.25) is 0 Å². The molecule has 5 aromatic rings. The van der Waals surface area contributed by atoms with Crippen LogP contribution in [-0.2, 0) is 157 Å². The molecular weight excluding hydrogens is 1380 g/mol. The van der Waals surface area contributed by atoms with Crippen molar-refractivity contribution in [2.45, 2.75) is 190 Å². The lowest BCUT2D eigenvalue weighted by atomic mass is 9.93. The summed E-state index contributed by atoms with van der Waals surface area (Å²) in [4.78, 5) is 101. The molecule has 562 valence electrons. The van der Waals surface area contributed by atoms with E-state index in [0.29, 0.717) is 33.6 Å². The summed E-state index contributed by atoms with van der Waals surface area (Å²) in [6.45, 7) is 3.09. The van der Waals surface area contributed by atoms with E-state index in [9.17, 15) is 44.6 Å². The topological polar surface area (TPSA) is 402 Å². The molecule has 5 aromatic carbocycles. The monoisotopic (exact) mass is 1460 g/mol. The van der Waals surface area contributed by atoms with Crippen LogP contribution in [-0.4, -0.2) is 199 Å². The number of nitrogens with zero attached hydrogens (tertiary/aromatic N) is 6. The molecule has 8 unspecified atom stereocenters. The third-order valence-corrected chi connectivity index (χ3v) is 16.9. The number of hydrogen-bond acceptors (Lipinski definition) is 29. The zero-order chi connectivity index (χ0) is 74.9. The third kappa shape index (κ3) is 22.0. The fraction of sp³-hybridized carbons (Fsp3) is 0.486. The lowest BCUT2D eigenvalue weighted by Crippen LogP contribution is -2.69. The van der Waals surface area contributed by atoms with Gasteiger partial charge in [0, 0.05) is 44.4 Å². The van der Waals surface area contributed by atoms with Crippen LogP contribution in [0.5, 0.6) is 5.75 Å². The first-order chi connectivity index (χ1) is 50.8. The molecule has 20 atom stereocenters. The van der Waals surface area contributed by atoms with Gasteiger partial charge in [-0.3, -0.25) is 24.0 Å². The van der Waals surface area contributed by atoms with Gasteiger partial charge in [0.1, 0.15) is 92.1 Å². The minimum Gasteiger partial charge on any atom is -0.497 e. The van der Waals surface area contributed by atoms with E-state index in [0.717, 1.165) is 41.9 Å². The van der Waals surface area contributed by atoms with Gasteiger partial charge in [0.15, 0.2) is 43.3 Å². The highest BCUT2D eigenvalue weighted by Crippen LogP contribution is 2.41. The first-order valence-electron chi connectivity index (χ1n) is 33.3. The van der Waals surface area contributed by atoms with Crippen molar-refractivity contribution in [3.05, 3.63) is 194 Å². The van der Waals surface area contributed by atoms with E-state index in [-0.39, 0.29) is 33.0 Å². The standard InChI is InChI=1S/C72H82N6O27/c1-40(79)89-38-51-55(91-37-49-29-31-50(86-6)32-30-49)57(92-33-45-21-13-9-14-22-45)53(75-77-73)69(99-51)102-62-60(95-36-48-27-19-12-20-28-48)66(97-43(4)82)72(105-64(62)68(85)88-8)101-56-52(39-90-41(2)80)100-70(54(76-78-74)58(56)93-34-46-23-15-10-16-24-46)103-61-59(94-35-47-25-17-11-18-26-47)65(96-42(3)81)71(98-44(5)83)104-63(61)67(84)87-7/h9-32,51-66,69-72H,33-39H2,1-8H3/t51?,52?,53?,54?,55-,56-,57-,58+,59+,60-,61+,62+,63?,64?,65?,66?,69+,70+,71-,72+/m0/s1. The molecule has 0 spiro atoms. The van der Waals surface area contributed by atoms with E-state index in [2.05, 4.69) is 20.1 Å². The molecule has 33 heteroatoms.